The summed E-state index contributed by atoms with van der Waals surface area (Å²) < 4.78 is 31.5. The van der Waals surface area contributed by atoms with Crippen molar-refractivity contribution >= 4 is 15.9 Å². The summed E-state index contributed by atoms with van der Waals surface area (Å²) in [7, 11) is 0. The van der Waals surface area contributed by atoms with Gasteiger partial charge >= 0.3 is 0 Å². The van der Waals surface area contributed by atoms with Gasteiger partial charge in [-0.25, -0.2) is 8.78 Å². The van der Waals surface area contributed by atoms with E-state index >= 15 is 0 Å². The normalized spacial score (nSPS) is 15.7. The highest BCUT2D eigenvalue weighted by molar-refractivity contribution is 9.10. The summed E-state index contributed by atoms with van der Waals surface area (Å²) in [4.78, 5) is 4.20. The molecular weight excluding hydrogens is 308 g/mol. The molecule has 94 valence electrons. The third kappa shape index (κ3) is 1.83. The first kappa shape index (κ1) is 11.7. The minimum atomic E-state index is -0.954. The number of nitrogens with zero attached hydrogens (tertiary/aromatic N) is 2. The van der Waals surface area contributed by atoms with Gasteiger partial charge in [-0.15, -0.1) is 0 Å². The smallest absolute Gasteiger partial charge is 0.232 e. The van der Waals surface area contributed by atoms with Crippen molar-refractivity contribution in [1.82, 2.24) is 15.5 Å². The van der Waals surface area contributed by atoms with E-state index in [2.05, 4.69) is 31.4 Å². The van der Waals surface area contributed by atoms with Gasteiger partial charge in [0.2, 0.25) is 11.7 Å². The molecule has 1 aliphatic heterocycles. The van der Waals surface area contributed by atoms with Gasteiger partial charge in [-0.2, -0.15) is 4.98 Å². The SMILES string of the molecule is Fc1ccc(-c2noc(C3CNC3)n2)c(Br)c1F. The summed E-state index contributed by atoms with van der Waals surface area (Å²) in [6.45, 7) is 1.58. The predicted molar refractivity (Wildman–Crippen MR) is 63.0 cm³/mol. The minimum absolute atomic E-state index is 0.00147. The van der Waals surface area contributed by atoms with E-state index in [9.17, 15) is 8.78 Å². The van der Waals surface area contributed by atoms with Crippen LogP contribution in [0.2, 0.25) is 0 Å². The molecule has 0 aliphatic carbocycles. The molecule has 1 aromatic carbocycles. The molecule has 0 spiro atoms. The van der Waals surface area contributed by atoms with Gasteiger partial charge < -0.3 is 9.84 Å². The van der Waals surface area contributed by atoms with Crippen LogP contribution >= 0.6 is 15.9 Å². The van der Waals surface area contributed by atoms with Crippen molar-refractivity contribution in [2.75, 3.05) is 13.1 Å². The predicted octanol–water partition coefficient (Wildman–Crippen LogP) is 2.46. The molecule has 2 aromatic rings. The molecule has 1 aliphatic rings. The Morgan fingerprint density at radius 1 is 1.33 bits per heavy atom. The Kier molecular flexibility index (Phi) is 2.87. The number of nitrogens with one attached hydrogen (secondary N) is 1. The number of benzene rings is 1. The highest BCUT2D eigenvalue weighted by Crippen LogP contribution is 2.31. The lowest BCUT2D eigenvalue weighted by molar-refractivity contribution is 0.308. The average Bonchev–Trinajstić information content (AvgIpc) is 2.73. The summed E-state index contributed by atoms with van der Waals surface area (Å²) in [5.41, 5.74) is 0.371. The molecule has 1 N–H and O–H groups in total. The van der Waals surface area contributed by atoms with E-state index < -0.39 is 11.6 Å². The molecule has 7 heteroatoms. The first-order chi connectivity index (χ1) is 8.66. The zero-order chi connectivity index (χ0) is 12.7. The van der Waals surface area contributed by atoms with Gasteiger partial charge in [0.25, 0.3) is 0 Å². The second kappa shape index (κ2) is 4.40. The summed E-state index contributed by atoms with van der Waals surface area (Å²) in [6, 6.07) is 2.45. The van der Waals surface area contributed by atoms with Crippen LogP contribution in [0, 0.1) is 11.6 Å². The second-order valence-corrected chi connectivity index (χ2v) is 4.83. The number of rotatable bonds is 2. The molecule has 0 unspecified atom stereocenters. The molecule has 1 aromatic heterocycles. The Morgan fingerprint density at radius 3 is 2.78 bits per heavy atom. The number of aromatic nitrogens is 2. The second-order valence-electron chi connectivity index (χ2n) is 4.03. The van der Waals surface area contributed by atoms with E-state index in [1.165, 1.54) is 6.07 Å². The molecule has 0 atom stereocenters. The van der Waals surface area contributed by atoms with Gasteiger partial charge in [0.05, 0.1) is 10.4 Å². The first-order valence-corrected chi connectivity index (χ1v) is 6.14. The zero-order valence-electron chi connectivity index (χ0n) is 9.08. The van der Waals surface area contributed by atoms with Crippen LogP contribution in [-0.4, -0.2) is 23.2 Å². The van der Waals surface area contributed by atoms with E-state index in [4.69, 9.17) is 4.52 Å². The fraction of sp³-hybridized carbons (Fsp3) is 0.273. The lowest BCUT2D eigenvalue weighted by Crippen LogP contribution is -2.40. The maximum atomic E-state index is 13.4. The average molecular weight is 316 g/mol. The summed E-state index contributed by atoms with van der Waals surface area (Å²) in [5.74, 6) is -0.903. The molecular formula is C11H8BrF2N3O. The lowest BCUT2D eigenvalue weighted by atomic mass is 10.0. The standard InChI is InChI=1S/C11H8BrF2N3O/c12-8-6(1-2-7(13)9(8)14)10-16-11(18-17-10)5-3-15-4-5/h1-2,5,15H,3-4H2. The van der Waals surface area contributed by atoms with Gasteiger partial charge in [-0.05, 0) is 28.1 Å². The maximum absolute atomic E-state index is 13.4. The Labute approximate surface area is 110 Å². The van der Waals surface area contributed by atoms with Crippen LogP contribution < -0.4 is 5.32 Å². The van der Waals surface area contributed by atoms with Crippen LogP contribution in [0.3, 0.4) is 0 Å². The molecule has 1 fully saturated rings. The lowest BCUT2D eigenvalue weighted by Gasteiger charge is -2.22. The van der Waals surface area contributed by atoms with Crippen LogP contribution in [0.15, 0.2) is 21.1 Å². The van der Waals surface area contributed by atoms with Gasteiger partial charge in [-0.1, -0.05) is 5.16 Å². The maximum Gasteiger partial charge on any atom is 0.232 e. The van der Waals surface area contributed by atoms with Crippen molar-refractivity contribution in [2.24, 2.45) is 0 Å². The van der Waals surface area contributed by atoms with Crippen LogP contribution in [0.4, 0.5) is 8.78 Å². The fourth-order valence-electron chi connectivity index (χ4n) is 1.67. The van der Waals surface area contributed by atoms with Crippen LogP contribution in [0.1, 0.15) is 11.8 Å². The molecule has 3 rings (SSSR count). The molecule has 2 heterocycles. The highest BCUT2D eigenvalue weighted by atomic mass is 79.9. The number of halogens is 3. The molecule has 18 heavy (non-hydrogen) atoms. The van der Waals surface area contributed by atoms with Crippen LogP contribution in [0.25, 0.3) is 11.4 Å². The third-order valence-corrected chi connectivity index (χ3v) is 3.62. The molecule has 4 nitrogen and oxygen atoms in total. The molecule has 0 saturated carbocycles. The largest absolute Gasteiger partial charge is 0.339 e. The molecule has 1 saturated heterocycles. The molecule has 0 amide bonds. The Hall–Kier alpha value is -1.34. The third-order valence-electron chi connectivity index (χ3n) is 2.85. The summed E-state index contributed by atoms with van der Waals surface area (Å²) in [5, 5.41) is 6.88. The van der Waals surface area contributed by atoms with Gasteiger partial charge in [0.15, 0.2) is 11.6 Å². The quantitative estimate of drug-likeness (QED) is 0.865. The fourth-order valence-corrected chi connectivity index (χ4v) is 2.17. The van der Waals surface area contributed by atoms with Crippen molar-refractivity contribution in [3.63, 3.8) is 0 Å². The van der Waals surface area contributed by atoms with Crippen LogP contribution in [0.5, 0.6) is 0 Å². The van der Waals surface area contributed by atoms with E-state index in [1.807, 2.05) is 0 Å². The Balaban J connectivity index is 1.99. The number of hydrogen-bond acceptors (Lipinski definition) is 4. The van der Waals surface area contributed by atoms with Crippen molar-refractivity contribution in [2.45, 2.75) is 5.92 Å². The van der Waals surface area contributed by atoms with Crippen molar-refractivity contribution in [3.8, 4) is 11.4 Å². The first-order valence-electron chi connectivity index (χ1n) is 5.35. The highest BCUT2D eigenvalue weighted by Gasteiger charge is 2.26. The molecule has 0 bridgehead atoms. The zero-order valence-corrected chi connectivity index (χ0v) is 10.7. The van der Waals surface area contributed by atoms with Crippen LogP contribution in [-0.2, 0) is 0 Å². The summed E-state index contributed by atoms with van der Waals surface area (Å²) >= 11 is 3.00. The van der Waals surface area contributed by atoms with Crippen molar-refractivity contribution in [1.29, 1.82) is 0 Å². The topological polar surface area (TPSA) is 51.0 Å². The van der Waals surface area contributed by atoms with Crippen molar-refractivity contribution < 1.29 is 13.3 Å². The minimum Gasteiger partial charge on any atom is -0.339 e. The van der Waals surface area contributed by atoms with Gasteiger partial charge in [-0.3, -0.25) is 0 Å². The Morgan fingerprint density at radius 2 is 2.11 bits per heavy atom. The van der Waals surface area contributed by atoms with Gasteiger partial charge in [0, 0.05) is 18.7 Å². The Bertz CT molecular complexity index is 598. The van der Waals surface area contributed by atoms with E-state index in [0.717, 1.165) is 19.2 Å². The monoisotopic (exact) mass is 315 g/mol. The van der Waals surface area contributed by atoms with Crippen molar-refractivity contribution in [3.05, 3.63) is 34.1 Å². The van der Waals surface area contributed by atoms with E-state index in [-0.39, 0.29) is 16.2 Å². The number of hydrogen-bond donors (Lipinski definition) is 1. The summed E-state index contributed by atoms with van der Waals surface area (Å²) in [6.07, 6.45) is 0. The molecule has 0 radical (unpaired) electrons. The van der Waals surface area contributed by atoms with Gasteiger partial charge in [0.1, 0.15) is 0 Å². The van der Waals surface area contributed by atoms with E-state index in [1.54, 1.807) is 0 Å². The van der Waals surface area contributed by atoms with E-state index in [0.29, 0.717) is 11.5 Å².